The Balaban J connectivity index is 1.18. The SMILES string of the molecule is N#Cc1nc(-c2ccc(S(=O)(=O)N3CCCCCC3)cc2)oc1N1CCN(C(c2ccccc2)c2ccccc2)CC1. The summed E-state index contributed by atoms with van der Waals surface area (Å²) >= 11 is 0. The molecule has 0 unspecified atom stereocenters. The molecule has 0 saturated carbocycles. The maximum atomic E-state index is 13.2. The van der Waals surface area contributed by atoms with Crippen LogP contribution in [0.25, 0.3) is 11.5 Å². The molecule has 216 valence electrons. The zero-order chi connectivity index (χ0) is 28.9. The van der Waals surface area contributed by atoms with Crippen LogP contribution in [0.2, 0.25) is 0 Å². The highest BCUT2D eigenvalue weighted by molar-refractivity contribution is 7.89. The number of hydrogen-bond donors (Lipinski definition) is 0. The number of aromatic nitrogens is 1. The summed E-state index contributed by atoms with van der Waals surface area (Å²) < 4.78 is 34.1. The molecule has 2 fully saturated rings. The number of piperazine rings is 1. The first-order valence-electron chi connectivity index (χ1n) is 14.6. The second-order valence-electron chi connectivity index (χ2n) is 10.9. The molecular weight excluding hydrogens is 546 g/mol. The Morgan fingerprint density at radius 3 is 1.86 bits per heavy atom. The molecule has 3 aromatic carbocycles. The maximum Gasteiger partial charge on any atom is 0.243 e. The van der Waals surface area contributed by atoms with E-state index in [0.717, 1.165) is 38.8 Å². The van der Waals surface area contributed by atoms with Crippen LogP contribution < -0.4 is 4.90 Å². The van der Waals surface area contributed by atoms with Crippen LogP contribution in [0, 0.1) is 11.3 Å². The van der Waals surface area contributed by atoms with Crippen molar-refractivity contribution in [3.05, 3.63) is 102 Å². The second kappa shape index (κ2) is 12.5. The fraction of sp³-hybridized carbons (Fsp3) is 0.333. The molecule has 8 nitrogen and oxygen atoms in total. The van der Waals surface area contributed by atoms with Gasteiger partial charge in [-0.3, -0.25) is 4.90 Å². The van der Waals surface area contributed by atoms with Crippen LogP contribution in [0.5, 0.6) is 0 Å². The number of sulfonamides is 1. The van der Waals surface area contributed by atoms with Crippen molar-refractivity contribution >= 4 is 15.9 Å². The van der Waals surface area contributed by atoms with E-state index >= 15 is 0 Å². The molecular formula is C33H35N5O3S. The summed E-state index contributed by atoms with van der Waals surface area (Å²) in [6.45, 7) is 4.07. The summed E-state index contributed by atoms with van der Waals surface area (Å²) in [7, 11) is -3.54. The van der Waals surface area contributed by atoms with Gasteiger partial charge in [0.15, 0.2) is 0 Å². The van der Waals surface area contributed by atoms with Crippen LogP contribution in [0.4, 0.5) is 5.88 Å². The number of rotatable bonds is 7. The average molecular weight is 582 g/mol. The van der Waals surface area contributed by atoms with E-state index in [4.69, 9.17) is 4.42 Å². The minimum Gasteiger partial charge on any atom is -0.419 e. The smallest absolute Gasteiger partial charge is 0.243 e. The lowest BCUT2D eigenvalue weighted by molar-refractivity contribution is 0.209. The lowest BCUT2D eigenvalue weighted by Crippen LogP contribution is -2.48. The van der Waals surface area contributed by atoms with Crippen molar-refractivity contribution in [1.29, 1.82) is 5.26 Å². The van der Waals surface area contributed by atoms with E-state index in [1.807, 2.05) is 12.1 Å². The third-order valence-corrected chi connectivity index (χ3v) is 10.1. The highest BCUT2D eigenvalue weighted by atomic mass is 32.2. The minimum atomic E-state index is -3.54. The Kier molecular flexibility index (Phi) is 8.38. The van der Waals surface area contributed by atoms with Crippen LogP contribution in [0.15, 0.2) is 94.2 Å². The molecule has 3 heterocycles. The van der Waals surface area contributed by atoms with Gasteiger partial charge in [0.2, 0.25) is 27.5 Å². The fourth-order valence-electron chi connectivity index (χ4n) is 5.99. The topological polar surface area (TPSA) is 93.7 Å². The zero-order valence-electron chi connectivity index (χ0n) is 23.6. The van der Waals surface area contributed by atoms with Crippen LogP contribution >= 0.6 is 0 Å². The van der Waals surface area contributed by atoms with Crippen molar-refractivity contribution < 1.29 is 12.8 Å². The fourth-order valence-corrected chi connectivity index (χ4v) is 7.51. The van der Waals surface area contributed by atoms with Gasteiger partial charge in [-0.1, -0.05) is 73.5 Å². The summed E-state index contributed by atoms with van der Waals surface area (Å²) in [5.74, 6) is 0.776. The van der Waals surface area contributed by atoms with Crippen molar-refractivity contribution in [2.45, 2.75) is 36.6 Å². The van der Waals surface area contributed by atoms with Gasteiger partial charge in [-0.25, -0.2) is 8.42 Å². The van der Waals surface area contributed by atoms with Gasteiger partial charge in [0, 0.05) is 44.8 Å². The average Bonchev–Trinajstić information content (AvgIpc) is 3.28. The second-order valence-corrected chi connectivity index (χ2v) is 12.8. The van der Waals surface area contributed by atoms with Crippen LogP contribution in [0.3, 0.4) is 0 Å². The third kappa shape index (κ3) is 5.84. The van der Waals surface area contributed by atoms with Crippen molar-refractivity contribution in [2.24, 2.45) is 0 Å². The molecule has 1 aromatic heterocycles. The number of oxazole rings is 1. The highest BCUT2D eigenvalue weighted by Crippen LogP contribution is 2.33. The minimum absolute atomic E-state index is 0.138. The predicted octanol–water partition coefficient (Wildman–Crippen LogP) is 5.69. The van der Waals surface area contributed by atoms with Crippen LogP contribution in [0.1, 0.15) is 48.5 Å². The summed E-state index contributed by atoms with van der Waals surface area (Å²) in [6, 6.07) is 30.0. The molecule has 4 aromatic rings. The Hall–Kier alpha value is -3.97. The van der Waals surface area contributed by atoms with E-state index in [9.17, 15) is 13.7 Å². The van der Waals surface area contributed by atoms with Crippen molar-refractivity contribution in [1.82, 2.24) is 14.2 Å². The monoisotopic (exact) mass is 581 g/mol. The number of nitrogens with zero attached hydrogens (tertiary/aromatic N) is 5. The number of anilines is 1. The van der Waals surface area contributed by atoms with Gasteiger partial charge in [0.05, 0.1) is 10.9 Å². The molecule has 42 heavy (non-hydrogen) atoms. The maximum absolute atomic E-state index is 13.2. The Morgan fingerprint density at radius 1 is 0.738 bits per heavy atom. The summed E-state index contributed by atoms with van der Waals surface area (Å²) in [5.41, 5.74) is 3.37. The zero-order valence-corrected chi connectivity index (χ0v) is 24.4. The van der Waals surface area contributed by atoms with E-state index in [0.29, 0.717) is 43.5 Å². The van der Waals surface area contributed by atoms with Crippen molar-refractivity contribution in [2.75, 3.05) is 44.2 Å². The van der Waals surface area contributed by atoms with E-state index in [2.05, 4.69) is 69.4 Å². The van der Waals surface area contributed by atoms with Gasteiger partial charge in [-0.2, -0.15) is 14.6 Å². The van der Waals surface area contributed by atoms with Gasteiger partial charge < -0.3 is 9.32 Å². The van der Waals surface area contributed by atoms with Gasteiger partial charge in [-0.15, -0.1) is 0 Å². The van der Waals surface area contributed by atoms with Crippen LogP contribution in [-0.2, 0) is 10.0 Å². The summed E-state index contributed by atoms with van der Waals surface area (Å²) in [6.07, 6.45) is 3.91. The van der Waals surface area contributed by atoms with E-state index in [-0.39, 0.29) is 16.6 Å². The molecule has 9 heteroatoms. The molecule has 0 atom stereocenters. The molecule has 6 rings (SSSR count). The molecule has 2 aliphatic heterocycles. The lowest BCUT2D eigenvalue weighted by atomic mass is 9.96. The molecule has 0 N–H and O–H groups in total. The van der Waals surface area contributed by atoms with E-state index < -0.39 is 10.0 Å². The number of benzene rings is 3. The van der Waals surface area contributed by atoms with Gasteiger partial charge in [0.1, 0.15) is 6.07 Å². The van der Waals surface area contributed by atoms with Crippen LogP contribution in [-0.4, -0.2) is 61.9 Å². The Bertz CT molecular complexity index is 1580. The van der Waals surface area contributed by atoms with E-state index in [1.54, 1.807) is 28.6 Å². The highest BCUT2D eigenvalue weighted by Gasteiger charge is 2.30. The largest absolute Gasteiger partial charge is 0.419 e. The molecule has 0 spiro atoms. The molecule has 0 aliphatic carbocycles. The predicted molar refractivity (Wildman–Crippen MR) is 162 cm³/mol. The quantitative estimate of drug-likeness (QED) is 0.277. The molecule has 0 bridgehead atoms. The van der Waals surface area contributed by atoms with E-state index in [1.165, 1.54) is 11.1 Å². The Labute approximate surface area is 247 Å². The number of nitriles is 1. The standard InChI is InChI=1S/C33H35N5O3S/c34-25-30-33(37-23-21-36(22-24-37)31(26-11-5-3-6-12-26)27-13-7-4-8-14-27)41-32(35-30)28-15-17-29(18-16-28)42(39,40)38-19-9-1-2-10-20-38/h3-8,11-18,31H,1-2,9-10,19-24H2. The number of hydrogen-bond acceptors (Lipinski definition) is 7. The molecule has 0 amide bonds. The lowest BCUT2D eigenvalue weighted by Gasteiger charge is -2.39. The molecule has 2 aliphatic rings. The summed E-state index contributed by atoms with van der Waals surface area (Å²) in [5, 5.41) is 9.87. The van der Waals surface area contributed by atoms with Crippen molar-refractivity contribution in [3.63, 3.8) is 0 Å². The molecule has 0 radical (unpaired) electrons. The third-order valence-electron chi connectivity index (χ3n) is 8.22. The summed E-state index contributed by atoms with van der Waals surface area (Å²) in [4.78, 5) is 9.29. The molecule has 2 saturated heterocycles. The van der Waals surface area contributed by atoms with Gasteiger partial charge in [-0.05, 0) is 48.2 Å². The normalized spacial score (nSPS) is 17.2. The Morgan fingerprint density at radius 2 is 1.31 bits per heavy atom. The first-order chi connectivity index (χ1) is 20.5. The van der Waals surface area contributed by atoms with Gasteiger partial charge in [0.25, 0.3) is 0 Å². The van der Waals surface area contributed by atoms with Crippen molar-refractivity contribution in [3.8, 4) is 17.5 Å². The van der Waals surface area contributed by atoms with Gasteiger partial charge >= 0.3 is 0 Å². The first-order valence-corrected chi connectivity index (χ1v) is 16.1. The first kappa shape index (κ1) is 28.2.